The predicted octanol–water partition coefficient (Wildman–Crippen LogP) is 1.80. The molecule has 0 atom stereocenters. The normalized spacial score (nSPS) is 14.9. The van der Waals surface area contributed by atoms with Crippen LogP contribution in [0.1, 0.15) is 30.1 Å². The lowest BCUT2D eigenvalue weighted by atomic mass is 10.1. The molecular formula is C14H16N2O5. The largest absolute Gasteiger partial charge is 0.487 e. The maximum Gasteiger partial charge on any atom is 0.311 e. The van der Waals surface area contributed by atoms with Gasteiger partial charge in [0.15, 0.2) is 5.78 Å². The summed E-state index contributed by atoms with van der Waals surface area (Å²) in [4.78, 5) is 35.8. The van der Waals surface area contributed by atoms with E-state index >= 15 is 0 Å². The fourth-order valence-corrected chi connectivity index (χ4v) is 2.31. The van der Waals surface area contributed by atoms with Gasteiger partial charge in [-0.05, 0) is 19.4 Å². The van der Waals surface area contributed by atoms with Gasteiger partial charge in [-0.25, -0.2) is 0 Å². The smallest absolute Gasteiger partial charge is 0.311 e. The maximum absolute atomic E-state index is 12.5. The summed E-state index contributed by atoms with van der Waals surface area (Å²) in [6, 6.07) is 4.22. The van der Waals surface area contributed by atoms with Crippen molar-refractivity contribution in [3.63, 3.8) is 0 Å². The number of benzene rings is 1. The first-order valence-corrected chi connectivity index (χ1v) is 6.75. The van der Waals surface area contributed by atoms with Crippen LogP contribution in [-0.2, 0) is 4.79 Å². The van der Waals surface area contributed by atoms with E-state index < -0.39 is 10.8 Å². The number of ether oxygens (including phenoxy) is 1. The van der Waals surface area contributed by atoms with Crippen molar-refractivity contribution in [2.45, 2.75) is 19.8 Å². The van der Waals surface area contributed by atoms with Gasteiger partial charge in [0.2, 0.25) is 5.75 Å². The van der Waals surface area contributed by atoms with Crippen LogP contribution in [0.25, 0.3) is 0 Å². The van der Waals surface area contributed by atoms with Crippen molar-refractivity contribution in [2.24, 2.45) is 0 Å². The topological polar surface area (TPSA) is 89.8 Å². The molecule has 0 bridgehead atoms. The van der Waals surface area contributed by atoms with Crippen LogP contribution in [-0.4, -0.2) is 41.2 Å². The van der Waals surface area contributed by atoms with Gasteiger partial charge in [-0.2, -0.15) is 0 Å². The van der Waals surface area contributed by atoms with Crippen molar-refractivity contribution in [1.29, 1.82) is 0 Å². The monoisotopic (exact) mass is 292 g/mol. The van der Waals surface area contributed by atoms with Crippen molar-refractivity contribution >= 4 is 17.4 Å². The van der Waals surface area contributed by atoms with E-state index in [2.05, 4.69) is 0 Å². The lowest BCUT2D eigenvalue weighted by Crippen LogP contribution is -2.40. The van der Waals surface area contributed by atoms with Crippen LogP contribution in [0.4, 0.5) is 5.69 Å². The first-order chi connectivity index (χ1) is 10.0. The molecule has 21 heavy (non-hydrogen) atoms. The van der Waals surface area contributed by atoms with Gasteiger partial charge in [0.25, 0.3) is 5.91 Å². The first-order valence-electron chi connectivity index (χ1n) is 6.75. The molecule has 7 nitrogen and oxygen atoms in total. The number of carbonyl (C=O) groups is 2. The number of hydrogen-bond donors (Lipinski definition) is 0. The molecule has 1 heterocycles. The molecule has 0 spiro atoms. The van der Waals surface area contributed by atoms with Crippen molar-refractivity contribution in [2.75, 3.05) is 19.7 Å². The molecule has 1 aliphatic rings. The predicted molar refractivity (Wildman–Crippen MR) is 74.4 cm³/mol. The number of ketones is 1. The summed E-state index contributed by atoms with van der Waals surface area (Å²) in [6.07, 6.45) is 1.08. The number of likely N-dealkylation sites (tertiary alicyclic amines) is 1. The van der Waals surface area contributed by atoms with Crippen LogP contribution in [0.2, 0.25) is 0 Å². The Labute approximate surface area is 121 Å². The minimum atomic E-state index is -0.580. The number of rotatable bonds is 4. The Morgan fingerprint density at radius 3 is 2.86 bits per heavy atom. The van der Waals surface area contributed by atoms with E-state index in [1.54, 1.807) is 6.92 Å². The Hall–Kier alpha value is -2.44. The van der Waals surface area contributed by atoms with Gasteiger partial charge in [0.1, 0.15) is 0 Å². The van der Waals surface area contributed by atoms with Crippen molar-refractivity contribution < 1.29 is 19.2 Å². The molecule has 0 aromatic heterocycles. The number of carbonyl (C=O) groups excluding carboxylic acids is 2. The van der Waals surface area contributed by atoms with Crippen molar-refractivity contribution in [1.82, 2.24) is 4.90 Å². The average Bonchev–Trinajstić information content (AvgIpc) is 2.47. The Morgan fingerprint density at radius 2 is 2.24 bits per heavy atom. The molecule has 1 amide bonds. The fourth-order valence-electron chi connectivity index (χ4n) is 2.31. The number of nitro groups is 1. The van der Waals surface area contributed by atoms with Gasteiger partial charge in [0.05, 0.1) is 23.6 Å². The molecule has 0 radical (unpaired) electrons. The fraction of sp³-hybridized carbons (Fsp3) is 0.429. The van der Waals surface area contributed by atoms with Gasteiger partial charge in [0, 0.05) is 19.0 Å². The molecule has 1 aromatic rings. The molecule has 7 heteroatoms. The Morgan fingerprint density at radius 1 is 1.48 bits per heavy atom. The highest BCUT2D eigenvalue weighted by Gasteiger charge is 2.28. The summed E-state index contributed by atoms with van der Waals surface area (Å²) in [5, 5.41) is 11.0. The number of piperidine rings is 1. The van der Waals surface area contributed by atoms with Crippen LogP contribution in [0, 0.1) is 10.1 Å². The zero-order valence-corrected chi connectivity index (χ0v) is 11.7. The lowest BCUT2D eigenvalue weighted by molar-refractivity contribution is -0.385. The lowest BCUT2D eigenvalue weighted by Gasteiger charge is -2.26. The summed E-state index contributed by atoms with van der Waals surface area (Å²) < 4.78 is 5.29. The van der Waals surface area contributed by atoms with Crippen LogP contribution in [0.15, 0.2) is 18.2 Å². The molecule has 1 fully saturated rings. The van der Waals surface area contributed by atoms with Gasteiger partial charge >= 0.3 is 5.69 Å². The second-order valence-electron chi connectivity index (χ2n) is 4.71. The third-order valence-corrected chi connectivity index (χ3v) is 3.25. The Balaban J connectivity index is 2.37. The van der Waals surface area contributed by atoms with E-state index in [1.165, 1.54) is 23.1 Å². The number of amides is 1. The number of Topliss-reactive ketones (excluding diaryl/α,β-unsaturated/α-hetero) is 1. The van der Waals surface area contributed by atoms with Gasteiger partial charge in [-0.15, -0.1) is 0 Å². The molecule has 0 aliphatic carbocycles. The van der Waals surface area contributed by atoms with E-state index in [1.807, 2.05) is 0 Å². The zero-order valence-electron chi connectivity index (χ0n) is 11.7. The molecular weight excluding hydrogens is 276 g/mol. The summed E-state index contributed by atoms with van der Waals surface area (Å²) >= 11 is 0. The molecule has 0 saturated carbocycles. The molecule has 0 N–H and O–H groups in total. The van der Waals surface area contributed by atoms with Crippen molar-refractivity contribution in [3.05, 3.63) is 33.9 Å². The quantitative estimate of drug-likeness (QED) is 0.623. The Kier molecular flexibility index (Phi) is 4.52. The summed E-state index contributed by atoms with van der Waals surface area (Å²) in [5.41, 5.74) is -0.119. The minimum absolute atomic E-state index is 0.00186. The zero-order chi connectivity index (χ0) is 15.4. The molecule has 0 unspecified atom stereocenters. The van der Waals surface area contributed by atoms with E-state index in [9.17, 15) is 19.7 Å². The average molecular weight is 292 g/mol. The first kappa shape index (κ1) is 15.0. The Bertz CT molecular complexity index is 585. The SMILES string of the molecule is CCOc1c(C(=O)N2CCCC(=O)C2)cccc1[N+](=O)[O-]. The summed E-state index contributed by atoms with van der Waals surface area (Å²) in [7, 11) is 0. The van der Waals surface area contributed by atoms with Crippen LogP contribution >= 0.6 is 0 Å². The standard InChI is InChI=1S/C14H16N2O5/c1-2-21-13-11(6-3-7-12(13)16(19)20)14(18)15-8-4-5-10(17)9-15/h3,6-7H,2,4-5,8-9H2,1H3. The van der Waals surface area contributed by atoms with Gasteiger partial charge in [-0.3, -0.25) is 19.7 Å². The molecule has 112 valence electrons. The van der Waals surface area contributed by atoms with E-state index in [0.29, 0.717) is 19.4 Å². The van der Waals surface area contributed by atoms with Crippen LogP contribution in [0.3, 0.4) is 0 Å². The number of para-hydroxylation sites is 1. The molecule has 1 aromatic carbocycles. The van der Waals surface area contributed by atoms with E-state index in [-0.39, 0.29) is 35.9 Å². The molecule has 1 saturated heterocycles. The van der Waals surface area contributed by atoms with E-state index in [4.69, 9.17) is 4.74 Å². The second kappa shape index (κ2) is 6.34. The third-order valence-electron chi connectivity index (χ3n) is 3.25. The highest BCUT2D eigenvalue weighted by atomic mass is 16.6. The summed E-state index contributed by atoms with van der Waals surface area (Å²) in [5.74, 6) is -0.443. The van der Waals surface area contributed by atoms with Crippen LogP contribution < -0.4 is 4.74 Å². The number of nitro benzene ring substituents is 1. The van der Waals surface area contributed by atoms with E-state index in [0.717, 1.165) is 0 Å². The third kappa shape index (κ3) is 3.18. The molecule has 1 aliphatic heterocycles. The second-order valence-corrected chi connectivity index (χ2v) is 4.71. The highest BCUT2D eigenvalue weighted by Crippen LogP contribution is 2.32. The maximum atomic E-state index is 12.5. The van der Waals surface area contributed by atoms with Crippen LogP contribution in [0.5, 0.6) is 5.75 Å². The number of hydrogen-bond acceptors (Lipinski definition) is 5. The summed E-state index contributed by atoms with van der Waals surface area (Å²) in [6.45, 7) is 2.42. The van der Waals surface area contributed by atoms with Gasteiger partial charge in [-0.1, -0.05) is 6.07 Å². The van der Waals surface area contributed by atoms with Crippen molar-refractivity contribution in [3.8, 4) is 5.75 Å². The van der Waals surface area contributed by atoms with Gasteiger partial charge < -0.3 is 9.64 Å². The molecule has 2 rings (SSSR count). The number of nitrogens with zero attached hydrogens (tertiary/aromatic N) is 2. The minimum Gasteiger partial charge on any atom is -0.487 e. The highest BCUT2D eigenvalue weighted by molar-refractivity contribution is 6.00.